The third-order valence-electron chi connectivity index (χ3n) is 11.8. The van der Waals surface area contributed by atoms with E-state index in [2.05, 4.69) is 252 Å². The molecule has 0 atom stereocenters. The van der Waals surface area contributed by atoms with Crippen molar-refractivity contribution < 1.29 is 0 Å². The Morgan fingerprint density at radius 1 is 0.283 bits per heavy atom. The molecule has 0 spiro atoms. The van der Waals surface area contributed by atoms with Crippen LogP contribution in [0.5, 0.6) is 0 Å². The van der Waals surface area contributed by atoms with Crippen molar-refractivity contribution in [3.8, 4) is 50.2 Å². The van der Waals surface area contributed by atoms with Crippen LogP contribution in [0.2, 0.25) is 0 Å². The first-order chi connectivity index (χ1) is 29.8. The molecule has 0 N–H and O–H groups in total. The first-order valence-electron chi connectivity index (χ1n) is 20.6. The van der Waals surface area contributed by atoms with Gasteiger partial charge in [0.2, 0.25) is 0 Å². The van der Waals surface area contributed by atoms with Gasteiger partial charge in [0.15, 0.2) is 0 Å². The van der Waals surface area contributed by atoms with E-state index in [-0.39, 0.29) is 0 Å². The second-order valence-electron chi connectivity index (χ2n) is 15.3. The highest BCUT2D eigenvalue weighted by Crippen LogP contribution is 2.44. The monoisotopic (exact) mass is 764 g/mol. The third kappa shape index (κ3) is 6.23. The molecule has 2 heteroatoms. The van der Waals surface area contributed by atoms with Crippen LogP contribution in [0.1, 0.15) is 0 Å². The highest BCUT2D eigenvalue weighted by atomic mass is 15.1. The predicted molar refractivity (Wildman–Crippen MR) is 255 cm³/mol. The second-order valence-corrected chi connectivity index (χ2v) is 15.3. The van der Waals surface area contributed by atoms with Gasteiger partial charge in [-0.25, -0.2) is 0 Å². The molecule has 0 aliphatic heterocycles. The fraction of sp³-hybridized carbons (Fsp3) is 0. The van der Waals surface area contributed by atoms with Gasteiger partial charge in [-0.1, -0.05) is 188 Å². The molecule has 11 aromatic rings. The van der Waals surface area contributed by atoms with Crippen molar-refractivity contribution in [1.29, 1.82) is 0 Å². The zero-order valence-electron chi connectivity index (χ0n) is 33.0. The summed E-state index contributed by atoms with van der Waals surface area (Å²) in [5.41, 5.74) is 16.4. The Morgan fingerprint density at radius 3 is 1.47 bits per heavy atom. The molecule has 2 nitrogen and oxygen atoms in total. The standard InChI is InChI=1S/C58H40N2/c1-4-16-41(17-5-1)43-30-35-48(36-31-43)59(49-37-32-44(33-38-49)42-18-6-2-7-19-42)50-24-14-23-47(40-50)51-25-10-12-28-54(51)60-55-29-13-11-26-53(55)58-56(60)39-34-46-22-15-27-52(57(46)58)45-20-8-3-9-21-45/h1-40H. The number of anilines is 3. The number of nitrogens with zero attached hydrogens (tertiary/aromatic N) is 2. The zero-order valence-corrected chi connectivity index (χ0v) is 33.0. The molecule has 11 rings (SSSR count). The van der Waals surface area contributed by atoms with Gasteiger partial charge in [-0.3, -0.25) is 0 Å². The average Bonchev–Trinajstić information content (AvgIpc) is 3.67. The van der Waals surface area contributed by atoms with E-state index in [4.69, 9.17) is 0 Å². The number of benzene rings is 10. The number of hydrogen-bond acceptors (Lipinski definition) is 1. The lowest BCUT2D eigenvalue weighted by Gasteiger charge is -2.27. The Kier molecular flexibility index (Phi) is 8.87. The second kappa shape index (κ2) is 15.1. The number of para-hydroxylation sites is 2. The summed E-state index contributed by atoms with van der Waals surface area (Å²) in [7, 11) is 0. The maximum absolute atomic E-state index is 2.47. The van der Waals surface area contributed by atoms with E-state index >= 15 is 0 Å². The minimum Gasteiger partial charge on any atom is -0.310 e. The molecule has 0 fully saturated rings. The summed E-state index contributed by atoms with van der Waals surface area (Å²) in [5, 5.41) is 5.04. The van der Waals surface area contributed by atoms with Crippen LogP contribution in [0.3, 0.4) is 0 Å². The van der Waals surface area contributed by atoms with E-state index in [0.29, 0.717) is 0 Å². The highest BCUT2D eigenvalue weighted by Gasteiger charge is 2.20. The van der Waals surface area contributed by atoms with Gasteiger partial charge in [0, 0.05) is 33.4 Å². The van der Waals surface area contributed by atoms with Crippen molar-refractivity contribution in [3.05, 3.63) is 243 Å². The Morgan fingerprint density at radius 2 is 0.800 bits per heavy atom. The summed E-state index contributed by atoms with van der Waals surface area (Å²) in [6, 6.07) is 87.8. The van der Waals surface area contributed by atoms with Crippen LogP contribution >= 0.6 is 0 Å². The van der Waals surface area contributed by atoms with Crippen LogP contribution in [0.4, 0.5) is 17.1 Å². The van der Waals surface area contributed by atoms with Crippen molar-refractivity contribution in [1.82, 2.24) is 4.57 Å². The van der Waals surface area contributed by atoms with Gasteiger partial charge in [0.25, 0.3) is 0 Å². The molecule has 282 valence electrons. The van der Waals surface area contributed by atoms with Crippen LogP contribution in [-0.4, -0.2) is 4.57 Å². The van der Waals surface area contributed by atoms with E-state index in [1.54, 1.807) is 0 Å². The molecule has 0 saturated carbocycles. The zero-order chi connectivity index (χ0) is 39.8. The molecule has 0 radical (unpaired) electrons. The summed E-state index contributed by atoms with van der Waals surface area (Å²) in [6.07, 6.45) is 0. The van der Waals surface area contributed by atoms with Gasteiger partial charge < -0.3 is 9.47 Å². The fourth-order valence-electron chi connectivity index (χ4n) is 8.99. The topological polar surface area (TPSA) is 8.17 Å². The minimum atomic E-state index is 1.09. The molecular weight excluding hydrogens is 725 g/mol. The van der Waals surface area contributed by atoms with Crippen molar-refractivity contribution in [2.75, 3.05) is 4.90 Å². The van der Waals surface area contributed by atoms with Gasteiger partial charge >= 0.3 is 0 Å². The Balaban J connectivity index is 1.07. The lowest BCUT2D eigenvalue weighted by Crippen LogP contribution is -2.10. The summed E-state index contributed by atoms with van der Waals surface area (Å²) in [6.45, 7) is 0. The number of rotatable bonds is 8. The first kappa shape index (κ1) is 35.2. The molecule has 0 aliphatic carbocycles. The molecule has 60 heavy (non-hydrogen) atoms. The van der Waals surface area contributed by atoms with Crippen molar-refractivity contribution in [3.63, 3.8) is 0 Å². The molecule has 1 heterocycles. The van der Waals surface area contributed by atoms with E-state index in [1.165, 1.54) is 66.0 Å². The largest absolute Gasteiger partial charge is 0.310 e. The lowest BCUT2D eigenvalue weighted by molar-refractivity contribution is 1.18. The average molecular weight is 765 g/mol. The van der Waals surface area contributed by atoms with Gasteiger partial charge in [0.1, 0.15) is 0 Å². The van der Waals surface area contributed by atoms with Crippen LogP contribution in [0, 0.1) is 0 Å². The molecule has 0 unspecified atom stereocenters. The van der Waals surface area contributed by atoms with Crippen LogP contribution in [-0.2, 0) is 0 Å². The molecule has 0 saturated heterocycles. The smallest absolute Gasteiger partial charge is 0.0548 e. The van der Waals surface area contributed by atoms with Crippen LogP contribution in [0.15, 0.2) is 243 Å². The highest BCUT2D eigenvalue weighted by molar-refractivity contribution is 6.25. The number of fused-ring (bicyclic) bond motifs is 5. The number of aromatic nitrogens is 1. The summed E-state index contributed by atoms with van der Waals surface area (Å²) in [5.74, 6) is 0. The minimum absolute atomic E-state index is 1.09. The van der Waals surface area contributed by atoms with E-state index < -0.39 is 0 Å². The van der Waals surface area contributed by atoms with Crippen molar-refractivity contribution in [2.45, 2.75) is 0 Å². The molecular formula is C58H40N2. The third-order valence-corrected chi connectivity index (χ3v) is 11.8. The molecule has 0 aliphatic rings. The van der Waals surface area contributed by atoms with Crippen molar-refractivity contribution in [2.24, 2.45) is 0 Å². The normalized spacial score (nSPS) is 11.3. The van der Waals surface area contributed by atoms with Gasteiger partial charge in [0.05, 0.1) is 16.7 Å². The Bertz CT molecular complexity index is 3190. The Hall–Kier alpha value is -7.94. The lowest BCUT2D eigenvalue weighted by atomic mass is 9.94. The van der Waals surface area contributed by atoms with Crippen LogP contribution < -0.4 is 4.90 Å². The summed E-state index contributed by atoms with van der Waals surface area (Å²) >= 11 is 0. The van der Waals surface area contributed by atoms with Gasteiger partial charge in [-0.05, 0) is 104 Å². The van der Waals surface area contributed by atoms with Crippen molar-refractivity contribution >= 4 is 49.6 Å². The molecule has 0 bridgehead atoms. The SMILES string of the molecule is c1ccc(-c2ccc(N(c3ccc(-c4ccccc4)cc3)c3cccc(-c4ccccc4-n4c5ccccc5c5c6c(-c7ccccc7)cccc6ccc54)c3)cc2)cc1. The maximum Gasteiger partial charge on any atom is 0.0548 e. The van der Waals surface area contributed by atoms with E-state index in [1.807, 2.05) is 0 Å². The fourth-order valence-corrected chi connectivity index (χ4v) is 8.99. The van der Waals surface area contributed by atoms with Gasteiger partial charge in [-0.2, -0.15) is 0 Å². The van der Waals surface area contributed by atoms with Crippen LogP contribution in [0.25, 0.3) is 82.8 Å². The summed E-state index contributed by atoms with van der Waals surface area (Å²) < 4.78 is 2.47. The maximum atomic E-state index is 2.47. The first-order valence-corrected chi connectivity index (χ1v) is 20.6. The van der Waals surface area contributed by atoms with E-state index in [9.17, 15) is 0 Å². The quantitative estimate of drug-likeness (QED) is 0.150. The number of hydrogen-bond donors (Lipinski definition) is 0. The molecule has 1 aromatic heterocycles. The Labute approximate surface area is 350 Å². The predicted octanol–water partition coefficient (Wildman–Crippen LogP) is 16.1. The van der Waals surface area contributed by atoms with Gasteiger partial charge in [-0.15, -0.1) is 0 Å². The molecule has 10 aromatic carbocycles. The molecule has 0 amide bonds. The summed E-state index contributed by atoms with van der Waals surface area (Å²) in [4.78, 5) is 2.37. The van der Waals surface area contributed by atoms with E-state index in [0.717, 1.165) is 33.9 Å².